The molecular formula is C18H26N2O4. The number of likely N-dealkylation sites (tertiary alicyclic amines) is 1. The minimum Gasteiger partial charge on any atom is -0.497 e. The fourth-order valence-electron chi connectivity index (χ4n) is 4.06. The number of nitrogens with zero attached hydrogens (tertiary/aromatic N) is 2. The predicted molar refractivity (Wildman–Crippen MR) is 91.0 cm³/mol. The largest absolute Gasteiger partial charge is 0.497 e. The van der Waals surface area contributed by atoms with Crippen LogP contribution in [0.3, 0.4) is 0 Å². The molecule has 0 unspecified atom stereocenters. The molecular weight excluding hydrogens is 308 g/mol. The molecule has 132 valence electrons. The van der Waals surface area contributed by atoms with Crippen molar-refractivity contribution >= 4 is 5.97 Å². The zero-order chi connectivity index (χ0) is 17.3. The normalized spacial score (nSPS) is 24.6. The number of hydrogen-bond donors (Lipinski definition) is 1. The van der Waals surface area contributed by atoms with Gasteiger partial charge in [-0.25, -0.2) is 4.79 Å². The van der Waals surface area contributed by atoms with E-state index in [1.807, 2.05) is 0 Å². The molecule has 0 spiro atoms. The van der Waals surface area contributed by atoms with Gasteiger partial charge in [-0.2, -0.15) is 0 Å². The fraction of sp³-hybridized carbons (Fsp3) is 0.611. The lowest BCUT2D eigenvalue weighted by Crippen LogP contribution is -2.38. The number of fused-ring (bicyclic) bond motifs is 2. The molecule has 2 bridgehead atoms. The second-order valence-electron chi connectivity index (χ2n) is 6.77. The lowest BCUT2D eigenvalue weighted by atomic mass is 10.0. The van der Waals surface area contributed by atoms with Gasteiger partial charge in [0.1, 0.15) is 11.5 Å². The molecule has 0 radical (unpaired) electrons. The van der Waals surface area contributed by atoms with Gasteiger partial charge in [0.2, 0.25) is 0 Å². The Balaban J connectivity index is 1.95. The molecule has 2 aliphatic rings. The Labute approximate surface area is 143 Å². The number of hydrogen-bond acceptors (Lipinski definition) is 5. The average molecular weight is 334 g/mol. The number of ether oxygens (including phenoxy) is 2. The number of carbonyl (C=O) groups is 1. The van der Waals surface area contributed by atoms with Crippen LogP contribution < -0.4 is 9.47 Å². The number of carboxylic acids is 1. The summed E-state index contributed by atoms with van der Waals surface area (Å²) in [4.78, 5) is 16.6. The summed E-state index contributed by atoms with van der Waals surface area (Å²) in [6.45, 7) is 2.75. The van der Waals surface area contributed by atoms with Gasteiger partial charge in [0, 0.05) is 36.8 Å². The second kappa shape index (κ2) is 6.99. The monoisotopic (exact) mass is 334 g/mol. The first-order valence-electron chi connectivity index (χ1n) is 8.46. The van der Waals surface area contributed by atoms with Gasteiger partial charge in [0.15, 0.2) is 0 Å². The van der Waals surface area contributed by atoms with Crippen LogP contribution in [-0.4, -0.2) is 67.3 Å². The fourth-order valence-corrected chi connectivity index (χ4v) is 4.06. The van der Waals surface area contributed by atoms with Crippen molar-refractivity contribution in [2.24, 2.45) is 0 Å². The van der Waals surface area contributed by atoms with Crippen molar-refractivity contribution in [3.8, 4) is 11.5 Å². The summed E-state index contributed by atoms with van der Waals surface area (Å²) in [6, 6.07) is 4.36. The van der Waals surface area contributed by atoms with Crippen LogP contribution in [0.4, 0.5) is 0 Å². The van der Waals surface area contributed by atoms with Gasteiger partial charge < -0.3 is 19.5 Å². The summed E-state index contributed by atoms with van der Waals surface area (Å²) in [5.41, 5.74) is 1.01. The van der Waals surface area contributed by atoms with E-state index < -0.39 is 5.97 Å². The Hall–Kier alpha value is -1.79. The Bertz CT molecular complexity index is 619. The summed E-state index contributed by atoms with van der Waals surface area (Å²) in [6.07, 6.45) is 3.50. The molecule has 2 atom stereocenters. The third-order valence-corrected chi connectivity index (χ3v) is 5.35. The average Bonchev–Trinajstić information content (AvgIpc) is 2.85. The summed E-state index contributed by atoms with van der Waals surface area (Å²) >= 11 is 0. The molecule has 1 N–H and O–H groups in total. The minimum absolute atomic E-state index is 0.267. The van der Waals surface area contributed by atoms with Crippen molar-refractivity contribution in [3.63, 3.8) is 0 Å². The number of benzene rings is 1. The van der Waals surface area contributed by atoms with E-state index in [2.05, 4.69) is 16.8 Å². The van der Waals surface area contributed by atoms with Crippen LogP contribution in [-0.2, 0) is 6.54 Å². The van der Waals surface area contributed by atoms with Gasteiger partial charge in [0.25, 0.3) is 0 Å². The van der Waals surface area contributed by atoms with Crippen LogP contribution in [0.25, 0.3) is 0 Å². The van der Waals surface area contributed by atoms with E-state index in [1.54, 1.807) is 19.2 Å². The maximum absolute atomic E-state index is 11.8. The molecule has 2 heterocycles. The number of rotatable bonds is 5. The van der Waals surface area contributed by atoms with Crippen molar-refractivity contribution < 1.29 is 19.4 Å². The Kier molecular flexibility index (Phi) is 4.96. The summed E-state index contributed by atoms with van der Waals surface area (Å²) in [7, 11) is 5.27. The standard InChI is InChI=1S/C18H26N2O4/c1-19-7-6-12-4-5-13(10-19)20(12)11-16-15(18(21)22)8-14(23-2)9-17(16)24-3/h8-9,12-13H,4-7,10-11H2,1-3H3,(H,21,22)/t12-,13+/m1/s1. The summed E-state index contributed by atoms with van der Waals surface area (Å²) in [5.74, 6) is 0.150. The predicted octanol–water partition coefficient (Wildman–Crippen LogP) is 2.07. The van der Waals surface area contributed by atoms with Gasteiger partial charge >= 0.3 is 5.97 Å². The van der Waals surface area contributed by atoms with E-state index >= 15 is 0 Å². The lowest BCUT2D eigenvalue weighted by Gasteiger charge is -2.29. The first kappa shape index (κ1) is 17.0. The number of carboxylic acid groups (broad SMARTS) is 1. The SMILES string of the molecule is COc1cc(OC)c(CN2[C@@H]3CC[C@H]2CN(C)CC3)c(C(=O)O)c1. The first-order valence-corrected chi connectivity index (χ1v) is 8.46. The smallest absolute Gasteiger partial charge is 0.336 e. The van der Waals surface area contributed by atoms with Crippen LogP contribution >= 0.6 is 0 Å². The Morgan fingerprint density at radius 3 is 2.62 bits per heavy atom. The molecule has 2 aliphatic heterocycles. The zero-order valence-corrected chi connectivity index (χ0v) is 14.6. The maximum atomic E-state index is 11.8. The highest BCUT2D eigenvalue weighted by molar-refractivity contribution is 5.91. The van der Waals surface area contributed by atoms with Crippen molar-refractivity contribution in [1.82, 2.24) is 9.80 Å². The molecule has 2 fully saturated rings. The molecule has 1 aromatic rings. The van der Waals surface area contributed by atoms with Crippen molar-refractivity contribution in [1.29, 1.82) is 0 Å². The minimum atomic E-state index is -0.943. The topological polar surface area (TPSA) is 62.2 Å². The Morgan fingerprint density at radius 2 is 1.96 bits per heavy atom. The molecule has 6 nitrogen and oxygen atoms in total. The molecule has 3 rings (SSSR count). The maximum Gasteiger partial charge on any atom is 0.336 e. The molecule has 6 heteroatoms. The van der Waals surface area contributed by atoms with E-state index in [9.17, 15) is 9.90 Å². The number of aromatic carboxylic acids is 1. The highest BCUT2D eigenvalue weighted by atomic mass is 16.5. The van der Waals surface area contributed by atoms with Gasteiger partial charge in [-0.1, -0.05) is 0 Å². The summed E-state index contributed by atoms with van der Waals surface area (Å²) in [5, 5.41) is 9.64. The third kappa shape index (κ3) is 3.21. The van der Waals surface area contributed by atoms with Crippen LogP contribution in [0.2, 0.25) is 0 Å². The van der Waals surface area contributed by atoms with E-state index in [4.69, 9.17) is 9.47 Å². The molecule has 0 amide bonds. The number of likely N-dealkylation sites (N-methyl/N-ethyl adjacent to an activating group) is 1. The number of methoxy groups -OCH3 is 2. The highest BCUT2D eigenvalue weighted by Gasteiger charge is 2.37. The van der Waals surface area contributed by atoms with Crippen molar-refractivity contribution in [2.45, 2.75) is 37.9 Å². The lowest BCUT2D eigenvalue weighted by molar-refractivity contribution is 0.0692. The van der Waals surface area contributed by atoms with Gasteiger partial charge in [0.05, 0.1) is 19.8 Å². The zero-order valence-electron chi connectivity index (χ0n) is 14.6. The molecule has 2 saturated heterocycles. The van der Waals surface area contributed by atoms with Crippen LogP contribution in [0, 0.1) is 0 Å². The Morgan fingerprint density at radius 1 is 1.21 bits per heavy atom. The summed E-state index contributed by atoms with van der Waals surface area (Å²) < 4.78 is 10.7. The first-order chi connectivity index (χ1) is 11.5. The van der Waals surface area contributed by atoms with Gasteiger partial charge in [-0.3, -0.25) is 4.90 Å². The van der Waals surface area contributed by atoms with E-state index in [1.165, 1.54) is 20.0 Å². The highest BCUT2D eigenvalue weighted by Crippen LogP contribution is 2.36. The quantitative estimate of drug-likeness (QED) is 0.889. The van der Waals surface area contributed by atoms with Crippen molar-refractivity contribution in [2.75, 3.05) is 34.4 Å². The molecule has 0 aromatic heterocycles. The van der Waals surface area contributed by atoms with E-state index in [0.717, 1.165) is 25.1 Å². The van der Waals surface area contributed by atoms with E-state index in [0.29, 0.717) is 30.1 Å². The van der Waals surface area contributed by atoms with Crippen molar-refractivity contribution in [3.05, 3.63) is 23.3 Å². The van der Waals surface area contributed by atoms with Gasteiger partial charge in [-0.15, -0.1) is 0 Å². The molecule has 24 heavy (non-hydrogen) atoms. The van der Waals surface area contributed by atoms with Gasteiger partial charge in [-0.05, 0) is 38.9 Å². The van der Waals surface area contributed by atoms with Crippen LogP contribution in [0.5, 0.6) is 11.5 Å². The molecule has 1 aromatic carbocycles. The third-order valence-electron chi connectivity index (χ3n) is 5.35. The second-order valence-corrected chi connectivity index (χ2v) is 6.77. The van der Waals surface area contributed by atoms with Crippen LogP contribution in [0.1, 0.15) is 35.2 Å². The van der Waals surface area contributed by atoms with E-state index in [-0.39, 0.29) is 5.56 Å². The molecule has 0 aliphatic carbocycles. The molecule has 0 saturated carbocycles. The van der Waals surface area contributed by atoms with Crippen LogP contribution in [0.15, 0.2) is 12.1 Å².